The number of pyridine rings is 1. The number of carboxylic acid groups (broad SMARTS) is 1. The average molecular weight is 241 g/mol. The maximum atomic E-state index is 10.5. The Bertz CT molecular complexity index is 539. The third-order valence-corrected chi connectivity index (χ3v) is 2.28. The van der Waals surface area contributed by atoms with Crippen LogP contribution >= 0.6 is 11.6 Å². The molecule has 0 amide bonds. The molecule has 2 heterocycles. The van der Waals surface area contributed by atoms with Crippen molar-refractivity contribution in [1.29, 1.82) is 0 Å². The Kier molecular flexibility index (Phi) is 2.76. The molecular formula is C9H9ClN4O2. The van der Waals surface area contributed by atoms with Gasteiger partial charge in [0.2, 0.25) is 0 Å². The van der Waals surface area contributed by atoms with Gasteiger partial charge < -0.3 is 10.8 Å². The molecule has 2 aromatic rings. The van der Waals surface area contributed by atoms with E-state index in [0.29, 0.717) is 16.5 Å². The minimum absolute atomic E-state index is 0.204. The quantitative estimate of drug-likeness (QED) is 0.830. The Labute approximate surface area is 95.7 Å². The van der Waals surface area contributed by atoms with Gasteiger partial charge in [0.15, 0.2) is 11.5 Å². The average Bonchev–Trinajstić information content (AvgIpc) is 2.59. The zero-order chi connectivity index (χ0) is 11.7. The summed E-state index contributed by atoms with van der Waals surface area (Å²) in [6.45, 7) is 0. The van der Waals surface area contributed by atoms with Gasteiger partial charge in [-0.3, -0.25) is 4.79 Å². The summed E-state index contributed by atoms with van der Waals surface area (Å²) in [5.41, 5.74) is 6.19. The maximum absolute atomic E-state index is 10.5. The predicted octanol–water partition coefficient (Wildman–Crippen LogP) is 0.857. The van der Waals surface area contributed by atoms with E-state index in [4.69, 9.17) is 22.4 Å². The number of carbonyl (C=O) groups is 1. The van der Waals surface area contributed by atoms with Crippen molar-refractivity contribution in [2.24, 2.45) is 5.73 Å². The summed E-state index contributed by atoms with van der Waals surface area (Å²) in [7, 11) is 0. The summed E-state index contributed by atoms with van der Waals surface area (Å²) in [5.74, 6) is -0.686. The number of nitrogens with two attached hydrogens (primary N) is 1. The topological polar surface area (TPSA) is 93.5 Å². The van der Waals surface area contributed by atoms with Gasteiger partial charge in [-0.05, 0) is 6.07 Å². The summed E-state index contributed by atoms with van der Waals surface area (Å²) in [6, 6.07) is 2.58. The fourth-order valence-electron chi connectivity index (χ4n) is 1.31. The molecule has 16 heavy (non-hydrogen) atoms. The highest BCUT2D eigenvalue weighted by Gasteiger charge is 2.15. The number of fused-ring (bicyclic) bond motifs is 1. The first-order valence-corrected chi connectivity index (χ1v) is 4.93. The fourth-order valence-corrected chi connectivity index (χ4v) is 1.46. The summed E-state index contributed by atoms with van der Waals surface area (Å²) in [6.07, 6.45) is 1.44. The molecule has 0 aromatic carbocycles. The summed E-state index contributed by atoms with van der Waals surface area (Å²) < 4.78 is 1.50. The second-order valence-electron chi connectivity index (χ2n) is 3.32. The minimum atomic E-state index is -0.982. The van der Waals surface area contributed by atoms with Crippen LogP contribution in [0.4, 0.5) is 0 Å². The number of nitrogens with zero attached hydrogens (tertiary/aromatic N) is 3. The van der Waals surface area contributed by atoms with Crippen LogP contribution in [0.5, 0.6) is 0 Å². The van der Waals surface area contributed by atoms with E-state index in [1.807, 2.05) is 0 Å². The van der Waals surface area contributed by atoms with Crippen LogP contribution in [0.3, 0.4) is 0 Å². The molecule has 0 radical (unpaired) electrons. The van der Waals surface area contributed by atoms with E-state index in [-0.39, 0.29) is 6.42 Å². The van der Waals surface area contributed by atoms with Gasteiger partial charge in [0.05, 0.1) is 12.5 Å². The lowest BCUT2D eigenvalue weighted by atomic mass is 10.2. The highest BCUT2D eigenvalue weighted by atomic mass is 35.5. The van der Waals surface area contributed by atoms with E-state index < -0.39 is 12.0 Å². The van der Waals surface area contributed by atoms with Crippen molar-refractivity contribution in [3.63, 3.8) is 0 Å². The Morgan fingerprint density at radius 2 is 2.44 bits per heavy atom. The van der Waals surface area contributed by atoms with Crippen molar-refractivity contribution in [1.82, 2.24) is 14.6 Å². The van der Waals surface area contributed by atoms with Gasteiger partial charge >= 0.3 is 5.97 Å². The first-order chi connectivity index (χ1) is 7.56. The Morgan fingerprint density at radius 3 is 3.12 bits per heavy atom. The van der Waals surface area contributed by atoms with Crippen LogP contribution < -0.4 is 5.73 Å². The molecule has 1 atom stereocenters. The fraction of sp³-hybridized carbons (Fsp3) is 0.222. The number of carboxylic acids is 1. The van der Waals surface area contributed by atoms with E-state index >= 15 is 0 Å². The first-order valence-electron chi connectivity index (χ1n) is 4.55. The highest BCUT2D eigenvalue weighted by Crippen LogP contribution is 2.14. The number of rotatable bonds is 3. The molecule has 0 bridgehead atoms. The van der Waals surface area contributed by atoms with Gasteiger partial charge in [-0.2, -0.15) is 0 Å². The Balaban J connectivity index is 2.35. The molecule has 84 valence electrons. The van der Waals surface area contributed by atoms with E-state index in [1.54, 1.807) is 18.3 Å². The molecule has 2 aromatic heterocycles. The van der Waals surface area contributed by atoms with Crippen molar-refractivity contribution in [3.8, 4) is 0 Å². The van der Waals surface area contributed by atoms with Crippen molar-refractivity contribution in [2.45, 2.75) is 12.5 Å². The molecule has 0 aliphatic carbocycles. The molecule has 6 nitrogen and oxygen atoms in total. The minimum Gasteiger partial charge on any atom is -0.481 e. The summed E-state index contributed by atoms with van der Waals surface area (Å²) >= 11 is 5.79. The molecular weight excluding hydrogens is 232 g/mol. The molecule has 2 rings (SSSR count). The van der Waals surface area contributed by atoms with E-state index in [2.05, 4.69) is 10.1 Å². The number of aromatic nitrogens is 3. The van der Waals surface area contributed by atoms with Crippen molar-refractivity contribution in [3.05, 3.63) is 29.2 Å². The van der Waals surface area contributed by atoms with Crippen LogP contribution in [0.2, 0.25) is 5.02 Å². The van der Waals surface area contributed by atoms with Gasteiger partial charge in [-0.25, -0.2) is 9.50 Å². The molecule has 0 saturated heterocycles. The normalized spacial score (nSPS) is 12.9. The third-order valence-electron chi connectivity index (χ3n) is 2.04. The summed E-state index contributed by atoms with van der Waals surface area (Å²) in [5, 5.41) is 13.2. The number of aliphatic carboxylic acids is 1. The van der Waals surface area contributed by atoms with Crippen LogP contribution in [0.25, 0.3) is 5.65 Å². The number of halogens is 1. The smallest absolute Gasteiger partial charge is 0.305 e. The Morgan fingerprint density at radius 1 is 1.69 bits per heavy atom. The van der Waals surface area contributed by atoms with E-state index in [1.165, 1.54) is 4.52 Å². The zero-order valence-electron chi connectivity index (χ0n) is 8.17. The zero-order valence-corrected chi connectivity index (χ0v) is 8.92. The second-order valence-corrected chi connectivity index (χ2v) is 3.76. The van der Waals surface area contributed by atoms with Gasteiger partial charge in [0.1, 0.15) is 0 Å². The SMILES string of the molecule is NC(CC(=O)O)c1nc2cc(Cl)ccn2n1. The lowest BCUT2D eigenvalue weighted by Gasteiger charge is -2.01. The van der Waals surface area contributed by atoms with Crippen LogP contribution in [0.15, 0.2) is 18.3 Å². The van der Waals surface area contributed by atoms with Crippen LogP contribution in [-0.4, -0.2) is 25.7 Å². The predicted molar refractivity (Wildman–Crippen MR) is 57.2 cm³/mol. The highest BCUT2D eigenvalue weighted by molar-refractivity contribution is 6.30. The van der Waals surface area contributed by atoms with Crippen molar-refractivity contribution in [2.75, 3.05) is 0 Å². The van der Waals surface area contributed by atoms with Gasteiger partial charge in [-0.1, -0.05) is 11.6 Å². The Hall–Kier alpha value is -1.66. The van der Waals surface area contributed by atoms with Crippen LogP contribution in [0.1, 0.15) is 18.3 Å². The molecule has 0 fully saturated rings. The third kappa shape index (κ3) is 2.12. The lowest BCUT2D eigenvalue weighted by Crippen LogP contribution is -2.16. The molecule has 0 saturated carbocycles. The molecule has 7 heteroatoms. The molecule has 3 N–H and O–H groups in total. The standard InChI is InChI=1S/C9H9ClN4O2/c10-5-1-2-14-7(3-5)12-9(13-14)6(11)4-8(15)16/h1-3,6H,4,11H2,(H,15,16). The molecule has 0 spiro atoms. The monoisotopic (exact) mass is 240 g/mol. The molecule has 1 unspecified atom stereocenters. The van der Waals surface area contributed by atoms with Gasteiger partial charge in [0.25, 0.3) is 0 Å². The number of hydrogen-bond donors (Lipinski definition) is 2. The van der Waals surface area contributed by atoms with Crippen molar-refractivity contribution >= 4 is 23.2 Å². The molecule has 0 aliphatic heterocycles. The second kappa shape index (κ2) is 4.07. The largest absolute Gasteiger partial charge is 0.481 e. The van der Waals surface area contributed by atoms with E-state index in [0.717, 1.165) is 0 Å². The maximum Gasteiger partial charge on any atom is 0.305 e. The van der Waals surface area contributed by atoms with Gasteiger partial charge in [-0.15, -0.1) is 5.10 Å². The lowest BCUT2D eigenvalue weighted by molar-refractivity contribution is -0.137. The summed E-state index contributed by atoms with van der Waals surface area (Å²) in [4.78, 5) is 14.6. The van der Waals surface area contributed by atoms with Crippen LogP contribution in [0, 0.1) is 0 Å². The number of hydrogen-bond acceptors (Lipinski definition) is 4. The van der Waals surface area contributed by atoms with Crippen molar-refractivity contribution < 1.29 is 9.90 Å². The first kappa shape index (κ1) is 10.8. The van der Waals surface area contributed by atoms with E-state index in [9.17, 15) is 4.79 Å². The molecule has 0 aliphatic rings. The van der Waals surface area contributed by atoms with Crippen LogP contribution in [-0.2, 0) is 4.79 Å². The van der Waals surface area contributed by atoms with Gasteiger partial charge in [0, 0.05) is 17.3 Å².